The fourth-order valence-electron chi connectivity index (χ4n) is 2.43. The predicted octanol–water partition coefficient (Wildman–Crippen LogP) is 1.91. The predicted molar refractivity (Wildman–Crippen MR) is 67.1 cm³/mol. The second-order valence-electron chi connectivity index (χ2n) is 4.70. The Morgan fingerprint density at radius 1 is 1.44 bits per heavy atom. The van der Waals surface area contributed by atoms with Crippen LogP contribution in [0.4, 0.5) is 0 Å². The number of hydrogen-bond acceptors (Lipinski definition) is 5. The Bertz CT molecular complexity index is 531. The molecular formula is C13H16N4O. The molecule has 0 spiro atoms. The number of aryl methyl sites for hydroxylation is 1. The highest BCUT2D eigenvalue weighted by atomic mass is 16.5. The van der Waals surface area contributed by atoms with Crippen LogP contribution in [-0.2, 0) is 0 Å². The third-order valence-electron chi connectivity index (χ3n) is 3.32. The van der Waals surface area contributed by atoms with Gasteiger partial charge in [-0.1, -0.05) is 5.16 Å². The number of rotatable bonds is 2. The molecule has 0 aromatic carbocycles. The van der Waals surface area contributed by atoms with Crippen LogP contribution < -0.4 is 5.32 Å². The molecule has 1 saturated heterocycles. The lowest BCUT2D eigenvalue weighted by Crippen LogP contribution is -2.29. The SMILES string of the molecule is Cc1cc(-c2cncnc2[C@@H]2CCCNC2)on1. The Labute approximate surface area is 106 Å². The molecular weight excluding hydrogens is 228 g/mol. The molecule has 0 aliphatic carbocycles. The van der Waals surface area contributed by atoms with Crippen molar-refractivity contribution in [3.8, 4) is 11.3 Å². The third kappa shape index (κ3) is 2.13. The van der Waals surface area contributed by atoms with E-state index in [9.17, 15) is 0 Å². The van der Waals surface area contributed by atoms with E-state index in [4.69, 9.17) is 4.52 Å². The number of piperidine rings is 1. The fourth-order valence-corrected chi connectivity index (χ4v) is 2.43. The summed E-state index contributed by atoms with van der Waals surface area (Å²) in [6.07, 6.45) is 5.77. The first-order valence-electron chi connectivity index (χ1n) is 6.29. The van der Waals surface area contributed by atoms with Gasteiger partial charge in [-0.3, -0.25) is 0 Å². The van der Waals surface area contributed by atoms with Gasteiger partial charge < -0.3 is 9.84 Å². The van der Waals surface area contributed by atoms with Gasteiger partial charge >= 0.3 is 0 Å². The lowest BCUT2D eigenvalue weighted by Gasteiger charge is -2.23. The van der Waals surface area contributed by atoms with Crippen molar-refractivity contribution < 1.29 is 4.52 Å². The van der Waals surface area contributed by atoms with E-state index in [0.717, 1.165) is 42.2 Å². The van der Waals surface area contributed by atoms with Gasteiger partial charge in [0.05, 0.1) is 17.0 Å². The molecule has 18 heavy (non-hydrogen) atoms. The molecule has 1 aliphatic rings. The van der Waals surface area contributed by atoms with Gasteiger partial charge in [0.25, 0.3) is 0 Å². The van der Waals surface area contributed by atoms with Crippen LogP contribution >= 0.6 is 0 Å². The molecule has 2 aromatic rings. The van der Waals surface area contributed by atoms with Crippen molar-refractivity contribution in [2.24, 2.45) is 0 Å². The summed E-state index contributed by atoms with van der Waals surface area (Å²) < 4.78 is 5.33. The lowest BCUT2D eigenvalue weighted by molar-refractivity contribution is 0.423. The summed E-state index contributed by atoms with van der Waals surface area (Å²) >= 11 is 0. The van der Waals surface area contributed by atoms with Gasteiger partial charge in [0.15, 0.2) is 5.76 Å². The van der Waals surface area contributed by atoms with Crippen molar-refractivity contribution in [3.63, 3.8) is 0 Å². The van der Waals surface area contributed by atoms with Crippen molar-refractivity contribution in [2.45, 2.75) is 25.7 Å². The minimum atomic E-state index is 0.433. The summed E-state index contributed by atoms with van der Waals surface area (Å²) in [5.41, 5.74) is 2.90. The van der Waals surface area contributed by atoms with Gasteiger partial charge in [-0.25, -0.2) is 9.97 Å². The lowest BCUT2D eigenvalue weighted by atomic mass is 9.92. The van der Waals surface area contributed by atoms with E-state index in [1.165, 1.54) is 6.42 Å². The molecule has 0 saturated carbocycles. The van der Waals surface area contributed by atoms with Crippen LogP contribution in [0.25, 0.3) is 11.3 Å². The van der Waals surface area contributed by atoms with Gasteiger partial charge in [-0.15, -0.1) is 0 Å². The molecule has 94 valence electrons. The highest BCUT2D eigenvalue weighted by Gasteiger charge is 2.21. The Morgan fingerprint density at radius 2 is 2.39 bits per heavy atom. The largest absolute Gasteiger partial charge is 0.356 e. The van der Waals surface area contributed by atoms with E-state index in [1.54, 1.807) is 6.33 Å². The van der Waals surface area contributed by atoms with Crippen molar-refractivity contribution in [3.05, 3.63) is 30.0 Å². The summed E-state index contributed by atoms with van der Waals surface area (Å²) in [5, 5.41) is 7.34. The standard InChI is InChI=1S/C13H16N4O/c1-9-5-12(18-17-9)11-7-15-8-16-13(11)10-3-2-4-14-6-10/h5,7-8,10,14H,2-4,6H2,1H3/t10-/m1/s1. The van der Waals surface area contributed by atoms with E-state index >= 15 is 0 Å². The molecule has 1 fully saturated rings. The minimum Gasteiger partial charge on any atom is -0.356 e. The molecule has 1 N–H and O–H groups in total. The topological polar surface area (TPSA) is 63.8 Å². The molecule has 3 rings (SSSR count). The summed E-state index contributed by atoms with van der Waals surface area (Å²) in [6, 6.07) is 1.93. The van der Waals surface area contributed by atoms with Crippen LogP contribution in [0, 0.1) is 6.92 Å². The van der Waals surface area contributed by atoms with Gasteiger partial charge in [0.1, 0.15) is 6.33 Å². The molecule has 0 amide bonds. The Morgan fingerprint density at radius 3 is 3.11 bits per heavy atom. The molecule has 0 bridgehead atoms. The molecule has 0 radical (unpaired) electrons. The Hall–Kier alpha value is -1.75. The fraction of sp³-hybridized carbons (Fsp3) is 0.462. The third-order valence-corrected chi connectivity index (χ3v) is 3.32. The highest BCUT2D eigenvalue weighted by Crippen LogP contribution is 2.30. The van der Waals surface area contributed by atoms with E-state index in [0.29, 0.717) is 5.92 Å². The Balaban J connectivity index is 1.99. The van der Waals surface area contributed by atoms with Gasteiger partial charge in [-0.05, 0) is 26.3 Å². The molecule has 0 unspecified atom stereocenters. The molecule has 5 heteroatoms. The number of nitrogens with zero attached hydrogens (tertiary/aromatic N) is 3. The van der Waals surface area contributed by atoms with Crippen LogP contribution in [0.3, 0.4) is 0 Å². The normalized spacial score (nSPS) is 19.9. The van der Waals surface area contributed by atoms with Gasteiger partial charge in [-0.2, -0.15) is 0 Å². The van der Waals surface area contributed by atoms with Crippen molar-refractivity contribution in [1.82, 2.24) is 20.4 Å². The van der Waals surface area contributed by atoms with Crippen LogP contribution in [0.5, 0.6) is 0 Å². The van der Waals surface area contributed by atoms with E-state index in [1.807, 2.05) is 19.2 Å². The molecule has 1 aliphatic heterocycles. The van der Waals surface area contributed by atoms with E-state index < -0.39 is 0 Å². The monoisotopic (exact) mass is 244 g/mol. The van der Waals surface area contributed by atoms with Crippen molar-refractivity contribution >= 4 is 0 Å². The van der Waals surface area contributed by atoms with Crippen LogP contribution in [-0.4, -0.2) is 28.2 Å². The first-order chi connectivity index (χ1) is 8.84. The molecule has 5 nitrogen and oxygen atoms in total. The maximum atomic E-state index is 5.33. The summed E-state index contributed by atoms with van der Waals surface area (Å²) in [4.78, 5) is 8.56. The maximum Gasteiger partial charge on any atom is 0.170 e. The number of hydrogen-bond donors (Lipinski definition) is 1. The average Bonchev–Trinajstić information content (AvgIpc) is 2.86. The Kier molecular flexibility index (Phi) is 3.06. The first kappa shape index (κ1) is 11.3. The van der Waals surface area contributed by atoms with Crippen LogP contribution in [0.1, 0.15) is 30.1 Å². The average molecular weight is 244 g/mol. The number of nitrogens with one attached hydrogen (secondary N) is 1. The van der Waals surface area contributed by atoms with Crippen LogP contribution in [0.2, 0.25) is 0 Å². The number of aromatic nitrogens is 3. The molecule has 2 aromatic heterocycles. The quantitative estimate of drug-likeness (QED) is 0.874. The van der Waals surface area contributed by atoms with Crippen molar-refractivity contribution in [1.29, 1.82) is 0 Å². The molecule has 3 heterocycles. The summed E-state index contributed by atoms with van der Waals surface area (Å²) in [5.74, 6) is 1.19. The highest BCUT2D eigenvalue weighted by molar-refractivity contribution is 5.60. The summed E-state index contributed by atoms with van der Waals surface area (Å²) in [6.45, 7) is 3.98. The second-order valence-corrected chi connectivity index (χ2v) is 4.70. The van der Waals surface area contributed by atoms with Crippen molar-refractivity contribution in [2.75, 3.05) is 13.1 Å². The maximum absolute atomic E-state index is 5.33. The molecule has 1 atom stereocenters. The zero-order valence-electron chi connectivity index (χ0n) is 10.4. The summed E-state index contributed by atoms with van der Waals surface area (Å²) in [7, 11) is 0. The zero-order chi connectivity index (χ0) is 12.4. The van der Waals surface area contributed by atoms with Gasteiger partial charge in [0, 0.05) is 24.7 Å². The first-order valence-corrected chi connectivity index (χ1v) is 6.29. The van der Waals surface area contributed by atoms with Gasteiger partial charge in [0.2, 0.25) is 0 Å². The van der Waals surface area contributed by atoms with E-state index in [-0.39, 0.29) is 0 Å². The second kappa shape index (κ2) is 4.86. The van der Waals surface area contributed by atoms with E-state index in [2.05, 4.69) is 20.4 Å². The zero-order valence-corrected chi connectivity index (χ0v) is 10.4. The van der Waals surface area contributed by atoms with Crippen LogP contribution in [0.15, 0.2) is 23.1 Å². The smallest absolute Gasteiger partial charge is 0.170 e. The minimum absolute atomic E-state index is 0.433.